The number of ether oxygens (including phenoxy) is 1. The predicted molar refractivity (Wildman–Crippen MR) is 393 cm³/mol. The fourth-order valence-corrected chi connectivity index (χ4v) is 7.83. The molecular formula is C72H88BrF7N20O4WY. The molecule has 7 N–H and O–H groups in total. The van der Waals surface area contributed by atoms with Gasteiger partial charge in [-0.15, -0.1) is 20.4 Å². The molecule has 0 fully saturated rings. The number of rotatable bonds is 18. The Labute approximate surface area is 664 Å². The number of nitriles is 1. The fraction of sp³-hybridized carbons (Fsp3) is 0.278. The number of nitrogens with zero attached hydrogens (tertiary/aromatic N) is 14. The number of nitrogens with two attached hydrogens (primary N) is 1. The van der Waals surface area contributed by atoms with Crippen molar-refractivity contribution >= 4 is 51.7 Å². The molecule has 0 saturated heterocycles. The van der Waals surface area contributed by atoms with Gasteiger partial charge in [-0.2, -0.15) is 36.8 Å². The van der Waals surface area contributed by atoms with Crippen molar-refractivity contribution in [2.75, 3.05) is 28.4 Å². The zero-order chi connectivity index (χ0) is 74.6. The van der Waals surface area contributed by atoms with E-state index in [9.17, 15) is 40.3 Å². The molecule has 0 aliphatic carbocycles. The number of tetrazole rings is 1. The molecule has 5 unspecified atom stereocenters. The molecule has 5 aromatic carbocycles. The van der Waals surface area contributed by atoms with Crippen LogP contribution < -0.4 is 27.0 Å². The standard InChI is InChI=1S/C15H13F2N5O.C13H13N7.C13H12N4.C12H12BrN3.C8H11N.C4H2F4O3.C2H6.CH3F.4CH4.W.Y/c1-9(10-5-3-2-4-6-10)20-15-18-7-11(8-19-15)13-21-22-14(23-13)12(16)17;1-9(10-5-3-2-4-6-10)16-13-14-7-11(8-15-13)12-17-19-20-18-12;1-10(12-5-3-2-4-6-12)17-13-15-8-11(7-14)9-16-13;1-9(10-5-3-2-4-6-10)16-12-14-7-11(13)8-15-12;1-7(9)8-5-3-2-4-6-8;5-1(6)3(9)11-4(10)2(7)8;2*1-2;;;;;;/h2-9,12H,1H3,(H,18,19,20);2-9H,1H3,(H,14,15,16)(H,17,18,19,20);2-6,8-10H,1H3,(H,15,16,17);2-9H,1H3,(H,14,15,16);2-7H,9H2,1H3;1-2H;1-2H3;1H3;4*1H4;;/i;;;;;;2*1D;;;;;;. The maximum atomic E-state index is 12.4. The topological polar surface area (TPSA) is 338 Å². The molecule has 565 valence electrons. The van der Waals surface area contributed by atoms with Crippen LogP contribution in [0.1, 0.15) is 157 Å². The van der Waals surface area contributed by atoms with E-state index in [1.54, 1.807) is 31.7 Å². The van der Waals surface area contributed by atoms with Crippen LogP contribution in [0.3, 0.4) is 0 Å². The maximum absolute atomic E-state index is 12.4. The average molecular weight is 1790 g/mol. The summed E-state index contributed by atoms with van der Waals surface area (Å²) in [6.07, 6.45) is 2.74. The second kappa shape index (κ2) is 56.6. The summed E-state index contributed by atoms with van der Waals surface area (Å²) in [6.45, 7) is 12.4. The third-order valence-corrected chi connectivity index (χ3v) is 13.1. The number of hydrogen-bond donors (Lipinski definition) is 6. The first-order valence-corrected chi connectivity index (χ1v) is 30.6. The van der Waals surface area contributed by atoms with E-state index in [1.165, 1.54) is 47.0 Å². The van der Waals surface area contributed by atoms with E-state index in [-0.39, 0.29) is 120 Å². The molecule has 0 saturated carbocycles. The molecular weight excluding hydrogens is 1690 g/mol. The Morgan fingerprint density at radius 2 is 0.830 bits per heavy atom. The number of anilines is 4. The van der Waals surface area contributed by atoms with Crippen molar-refractivity contribution in [1.82, 2.24) is 70.7 Å². The molecule has 6 heterocycles. The largest absolute Gasteiger partial charge is 0.415 e. The summed E-state index contributed by atoms with van der Waals surface area (Å²) in [4.78, 5) is 52.7. The minimum atomic E-state index is -3.57. The Kier molecular flexibility index (Phi) is 51.3. The van der Waals surface area contributed by atoms with Crippen molar-refractivity contribution in [3.63, 3.8) is 0 Å². The van der Waals surface area contributed by atoms with Crippen molar-refractivity contribution in [2.45, 2.75) is 128 Å². The molecule has 34 heteroatoms. The van der Waals surface area contributed by atoms with Crippen LogP contribution in [0.15, 0.2) is 210 Å². The number of carbonyl (C=O) groups excluding carboxylic acids is 2. The first-order valence-electron chi connectivity index (χ1n) is 31.2. The summed E-state index contributed by atoms with van der Waals surface area (Å²) in [7, 11) is -1.00. The summed E-state index contributed by atoms with van der Waals surface area (Å²) in [5.74, 6) is -2.67. The number of aromatic amines is 1. The van der Waals surface area contributed by atoms with Crippen LogP contribution >= 0.6 is 15.9 Å². The quantitative estimate of drug-likeness (QED) is 0.0264. The van der Waals surface area contributed by atoms with Gasteiger partial charge < -0.3 is 36.2 Å². The molecule has 0 aliphatic heterocycles. The van der Waals surface area contributed by atoms with Gasteiger partial charge in [0.1, 0.15) is 6.07 Å². The number of halogens is 8. The SMILES string of the molecule is C.C.C.C.CC(N)c1ccccc1.CC(Nc1ncc(-c2nn[nH]n2)cn1)c1ccccc1.CC(Nc1ncc(-c2nnc(C(F)F)o2)cn1)c1ccccc1.CC(Nc1ncc(Br)cn1)c1ccccc1.CC(Nc1ncc(C#N)cn1)c1ccccc1.O=C(OC(=O)C(F)F)C(F)F.[2H]CC.[2H]CF.[W].[Y]. The van der Waals surface area contributed by atoms with Crippen molar-refractivity contribution in [3.8, 4) is 28.9 Å². The van der Waals surface area contributed by atoms with Crippen LogP contribution in [-0.4, -0.2) is 103 Å². The van der Waals surface area contributed by atoms with E-state index in [2.05, 4.69) is 151 Å². The van der Waals surface area contributed by atoms with E-state index in [1.807, 2.05) is 154 Å². The van der Waals surface area contributed by atoms with Crippen LogP contribution in [-0.2, 0) is 68.1 Å². The van der Waals surface area contributed by atoms with Crippen LogP contribution in [0.2, 0.25) is 0 Å². The summed E-state index contributed by atoms with van der Waals surface area (Å²) >= 11 is 3.30. The number of benzene rings is 5. The molecule has 0 bridgehead atoms. The first kappa shape index (κ1) is 96.2. The van der Waals surface area contributed by atoms with Gasteiger partial charge in [0.15, 0.2) is 0 Å². The second-order valence-electron chi connectivity index (χ2n) is 19.9. The third kappa shape index (κ3) is 37.3. The van der Waals surface area contributed by atoms with Gasteiger partial charge in [0, 0.05) is 98.4 Å². The number of carbonyl (C=O) groups is 2. The fourth-order valence-electron chi connectivity index (χ4n) is 7.62. The van der Waals surface area contributed by atoms with Gasteiger partial charge >= 0.3 is 31.2 Å². The van der Waals surface area contributed by atoms with Crippen molar-refractivity contribution < 1.29 is 106 Å². The zero-order valence-corrected chi connectivity index (χ0v) is 62.9. The van der Waals surface area contributed by atoms with E-state index in [0.29, 0.717) is 47.6 Å². The van der Waals surface area contributed by atoms with Gasteiger partial charge in [0.2, 0.25) is 29.6 Å². The normalized spacial score (nSPS) is 11.2. The molecule has 0 amide bonds. The predicted octanol–water partition coefficient (Wildman–Crippen LogP) is 17.8. The molecule has 24 nitrogen and oxygen atoms in total. The number of esters is 2. The zero-order valence-electron chi connectivity index (χ0n) is 57.6. The summed E-state index contributed by atoms with van der Waals surface area (Å²) in [6, 6.07) is 52.9. The van der Waals surface area contributed by atoms with Crippen molar-refractivity contribution in [3.05, 3.63) is 245 Å². The molecule has 6 aromatic heterocycles. The van der Waals surface area contributed by atoms with Gasteiger partial charge in [-0.05, 0) is 83.6 Å². The van der Waals surface area contributed by atoms with Gasteiger partial charge in [-0.1, -0.05) is 195 Å². The number of alkyl halides is 7. The Morgan fingerprint density at radius 1 is 0.528 bits per heavy atom. The number of aromatic nitrogens is 14. The van der Waals surface area contributed by atoms with E-state index >= 15 is 0 Å². The van der Waals surface area contributed by atoms with Crippen LogP contribution in [0.4, 0.5) is 54.5 Å². The number of H-pyrrole nitrogens is 1. The van der Waals surface area contributed by atoms with Gasteiger partial charge in [0.25, 0.3) is 11.8 Å². The van der Waals surface area contributed by atoms with E-state index < -0.39 is 44.3 Å². The monoisotopic (exact) mass is 1780 g/mol. The Hall–Kier alpha value is -9.80. The van der Waals surface area contributed by atoms with Crippen LogP contribution in [0, 0.1) is 11.3 Å². The third-order valence-electron chi connectivity index (χ3n) is 12.6. The van der Waals surface area contributed by atoms with E-state index in [0.717, 1.165) is 15.6 Å². The Morgan fingerprint density at radius 3 is 1.09 bits per heavy atom. The second-order valence-corrected chi connectivity index (χ2v) is 20.8. The molecule has 11 aromatic rings. The number of hydrogen-bond acceptors (Lipinski definition) is 23. The average Bonchev–Trinajstić information content (AvgIpc) is 1.66. The summed E-state index contributed by atoms with van der Waals surface area (Å²) < 4.78 is 100. The maximum Gasteiger partial charge on any atom is 0.381 e. The van der Waals surface area contributed by atoms with Gasteiger partial charge in [0.05, 0.1) is 66.2 Å². The Bertz CT molecular complexity index is 4070. The molecule has 106 heavy (non-hydrogen) atoms. The van der Waals surface area contributed by atoms with Gasteiger partial charge in [-0.25, -0.2) is 49.5 Å². The molecule has 11 rings (SSSR count). The molecule has 1 radical (unpaired) electrons. The molecule has 0 spiro atoms. The first-order chi connectivity index (χ1) is 49.1. The smallest absolute Gasteiger partial charge is 0.381 e. The van der Waals surface area contributed by atoms with Crippen LogP contribution in [0.25, 0.3) is 22.8 Å². The van der Waals surface area contributed by atoms with Crippen LogP contribution in [0.5, 0.6) is 0 Å². The Balaban J connectivity index is -0.00000122. The summed E-state index contributed by atoms with van der Waals surface area (Å²) in [5, 5.41) is 41.9. The van der Waals surface area contributed by atoms with Gasteiger partial charge in [-0.3, -0.25) is 4.39 Å². The molecule has 5 atom stereocenters. The minimum Gasteiger partial charge on any atom is -0.415 e. The molecule has 0 aliphatic rings. The van der Waals surface area contributed by atoms with E-state index in [4.69, 9.17) is 18.2 Å². The number of nitrogens with one attached hydrogen (secondary N) is 5. The van der Waals surface area contributed by atoms with Crippen molar-refractivity contribution in [2.24, 2.45) is 5.73 Å². The summed E-state index contributed by atoms with van der Waals surface area (Å²) in [5.41, 5.74) is 13.0. The van der Waals surface area contributed by atoms with Crippen molar-refractivity contribution in [1.29, 1.82) is 5.26 Å². The minimum absolute atomic E-state index is 0.